The highest BCUT2D eigenvalue weighted by atomic mass is 32.2. The van der Waals surface area contributed by atoms with Gasteiger partial charge in [0.05, 0.1) is 12.9 Å². The third-order valence-electron chi connectivity index (χ3n) is 3.37. The van der Waals surface area contributed by atoms with Crippen molar-refractivity contribution >= 4 is 23.1 Å². The first-order chi connectivity index (χ1) is 11.2. The number of methoxy groups -OCH3 is 1. The molecule has 0 aliphatic rings. The molecule has 2 heterocycles. The number of rotatable bonds is 6. The van der Waals surface area contributed by atoms with Crippen molar-refractivity contribution < 1.29 is 4.74 Å². The molecule has 0 saturated carbocycles. The summed E-state index contributed by atoms with van der Waals surface area (Å²) in [6.07, 6.45) is 0. The zero-order valence-electron chi connectivity index (χ0n) is 13.3. The monoisotopic (exact) mass is 346 g/mol. The summed E-state index contributed by atoms with van der Waals surface area (Å²) >= 11 is 3.36. The van der Waals surface area contributed by atoms with Crippen LogP contribution in [0.3, 0.4) is 0 Å². The van der Waals surface area contributed by atoms with E-state index < -0.39 is 0 Å². The predicted molar refractivity (Wildman–Crippen MR) is 94.1 cm³/mol. The molecule has 23 heavy (non-hydrogen) atoms. The van der Waals surface area contributed by atoms with Crippen LogP contribution in [-0.4, -0.2) is 26.9 Å². The molecule has 1 aromatic carbocycles. The lowest BCUT2D eigenvalue weighted by Gasteiger charge is -2.07. The number of ether oxygens (including phenoxy) is 1. The standard InChI is InChI=1S/C16H18N4OS2/c1-4-20-15(12-5-7-13(21-3)8-6-12)18-19-16(20)23-10-14-17-11(2)9-22-14/h5-9H,4,10H2,1-3H3. The summed E-state index contributed by atoms with van der Waals surface area (Å²) in [4.78, 5) is 4.49. The second-order valence-corrected chi connectivity index (χ2v) is 6.84. The van der Waals surface area contributed by atoms with Gasteiger partial charge in [-0.1, -0.05) is 11.8 Å². The van der Waals surface area contributed by atoms with Gasteiger partial charge in [0.2, 0.25) is 0 Å². The largest absolute Gasteiger partial charge is 0.497 e. The lowest BCUT2D eigenvalue weighted by molar-refractivity contribution is 0.415. The van der Waals surface area contributed by atoms with Gasteiger partial charge in [0, 0.05) is 23.2 Å². The van der Waals surface area contributed by atoms with Gasteiger partial charge in [0.1, 0.15) is 10.8 Å². The number of aryl methyl sites for hydroxylation is 1. The Bertz CT molecular complexity index is 780. The van der Waals surface area contributed by atoms with Crippen molar-refractivity contribution in [3.63, 3.8) is 0 Å². The van der Waals surface area contributed by atoms with Gasteiger partial charge in [-0.05, 0) is 38.1 Å². The Labute approximate surface area is 143 Å². The Balaban J connectivity index is 1.81. The summed E-state index contributed by atoms with van der Waals surface area (Å²) in [7, 11) is 1.67. The van der Waals surface area contributed by atoms with Gasteiger partial charge < -0.3 is 9.30 Å². The third kappa shape index (κ3) is 3.56. The molecular formula is C16H18N4OS2. The number of hydrogen-bond donors (Lipinski definition) is 0. The van der Waals surface area contributed by atoms with Crippen LogP contribution in [0.1, 0.15) is 17.6 Å². The number of thiazole rings is 1. The summed E-state index contributed by atoms with van der Waals surface area (Å²) in [6, 6.07) is 7.89. The van der Waals surface area contributed by atoms with E-state index in [0.29, 0.717) is 0 Å². The van der Waals surface area contributed by atoms with E-state index in [-0.39, 0.29) is 0 Å². The second kappa shape index (κ2) is 7.14. The third-order valence-corrected chi connectivity index (χ3v) is 5.50. The van der Waals surface area contributed by atoms with Gasteiger partial charge in [-0.2, -0.15) is 0 Å². The van der Waals surface area contributed by atoms with Crippen LogP contribution in [0.4, 0.5) is 0 Å². The Kier molecular flexibility index (Phi) is 4.97. The number of benzene rings is 1. The average molecular weight is 346 g/mol. The minimum Gasteiger partial charge on any atom is -0.497 e. The predicted octanol–water partition coefficient (Wildman–Crippen LogP) is 4.03. The fraction of sp³-hybridized carbons (Fsp3) is 0.312. The first kappa shape index (κ1) is 16.0. The topological polar surface area (TPSA) is 52.8 Å². The lowest BCUT2D eigenvalue weighted by atomic mass is 10.2. The number of hydrogen-bond acceptors (Lipinski definition) is 6. The molecule has 0 fully saturated rings. The molecule has 7 heteroatoms. The molecule has 3 rings (SSSR count). The molecule has 0 saturated heterocycles. The zero-order valence-corrected chi connectivity index (χ0v) is 14.9. The summed E-state index contributed by atoms with van der Waals surface area (Å²) in [5.41, 5.74) is 2.11. The van der Waals surface area contributed by atoms with Crippen LogP contribution in [0, 0.1) is 6.92 Å². The maximum atomic E-state index is 5.20. The Morgan fingerprint density at radius 3 is 2.61 bits per heavy atom. The van der Waals surface area contributed by atoms with Crippen molar-refractivity contribution in [1.29, 1.82) is 0 Å². The van der Waals surface area contributed by atoms with E-state index in [9.17, 15) is 0 Å². The second-order valence-electron chi connectivity index (χ2n) is 4.95. The average Bonchev–Trinajstić information content (AvgIpc) is 3.18. The minimum atomic E-state index is 0.819. The van der Waals surface area contributed by atoms with E-state index in [0.717, 1.165) is 45.3 Å². The summed E-state index contributed by atoms with van der Waals surface area (Å²) < 4.78 is 7.34. The normalized spacial score (nSPS) is 10.9. The van der Waals surface area contributed by atoms with Gasteiger partial charge in [-0.3, -0.25) is 0 Å². The van der Waals surface area contributed by atoms with E-state index in [1.165, 1.54) is 0 Å². The Morgan fingerprint density at radius 2 is 2.00 bits per heavy atom. The van der Waals surface area contributed by atoms with E-state index in [1.807, 2.05) is 31.2 Å². The molecule has 0 aliphatic carbocycles. The highest BCUT2D eigenvalue weighted by molar-refractivity contribution is 7.98. The molecule has 5 nitrogen and oxygen atoms in total. The molecule has 3 aromatic rings. The minimum absolute atomic E-state index is 0.819. The van der Waals surface area contributed by atoms with Gasteiger partial charge in [0.15, 0.2) is 11.0 Å². The number of thioether (sulfide) groups is 1. The highest BCUT2D eigenvalue weighted by Gasteiger charge is 2.14. The molecule has 120 valence electrons. The van der Waals surface area contributed by atoms with Gasteiger partial charge in [0.25, 0.3) is 0 Å². The molecule has 0 atom stereocenters. The van der Waals surface area contributed by atoms with Crippen molar-refractivity contribution in [1.82, 2.24) is 19.7 Å². The Hall–Kier alpha value is -1.86. The van der Waals surface area contributed by atoms with Crippen molar-refractivity contribution in [3.8, 4) is 17.1 Å². The lowest BCUT2D eigenvalue weighted by Crippen LogP contribution is -2.00. The molecule has 0 bridgehead atoms. The van der Waals surface area contributed by atoms with Crippen LogP contribution < -0.4 is 4.74 Å². The van der Waals surface area contributed by atoms with Crippen LogP contribution in [0.15, 0.2) is 34.8 Å². The van der Waals surface area contributed by atoms with Gasteiger partial charge in [-0.25, -0.2) is 4.98 Å². The first-order valence-corrected chi connectivity index (χ1v) is 9.19. The van der Waals surface area contributed by atoms with Gasteiger partial charge >= 0.3 is 0 Å². The van der Waals surface area contributed by atoms with Crippen molar-refractivity contribution in [3.05, 3.63) is 40.3 Å². The molecule has 0 aliphatic heterocycles. The maximum Gasteiger partial charge on any atom is 0.191 e. The fourth-order valence-electron chi connectivity index (χ4n) is 2.23. The Morgan fingerprint density at radius 1 is 1.22 bits per heavy atom. The van der Waals surface area contributed by atoms with Crippen LogP contribution in [0.5, 0.6) is 5.75 Å². The first-order valence-electron chi connectivity index (χ1n) is 7.32. The van der Waals surface area contributed by atoms with E-state index in [1.54, 1.807) is 30.2 Å². The highest BCUT2D eigenvalue weighted by Crippen LogP contribution is 2.28. The summed E-state index contributed by atoms with van der Waals surface area (Å²) in [6.45, 7) is 4.95. The maximum absolute atomic E-state index is 5.20. The number of nitrogens with zero attached hydrogens (tertiary/aromatic N) is 4. The van der Waals surface area contributed by atoms with Crippen molar-refractivity contribution in [2.75, 3.05) is 7.11 Å². The van der Waals surface area contributed by atoms with Crippen molar-refractivity contribution in [2.45, 2.75) is 31.3 Å². The summed E-state index contributed by atoms with van der Waals surface area (Å²) in [5, 5.41) is 12.8. The molecule has 0 spiro atoms. The molecule has 2 aromatic heterocycles. The molecule has 0 N–H and O–H groups in total. The SMILES string of the molecule is CCn1c(SCc2nc(C)cs2)nnc1-c1ccc(OC)cc1. The van der Waals surface area contributed by atoms with Crippen molar-refractivity contribution in [2.24, 2.45) is 0 Å². The molecule has 0 unspecified atom stereocenters. The number of aromatic nitrogens is 4. The molecular weight excluding hydrogens is 328 g/mol. The smallest absolute Gasteiger partial charge is 0.191 e. The summed E-state index contributed by atoms with van der Waals surface area (Å²) in [5.74, 6) is 2.54. The van der Waals surface area contributed by atoms with Crippen LogP contribution in [0.2, 0.25) is 0 Å². The van der Waals surface area contributed by atoms with E-state index in [4.69, 9.17) is 4.74 Å². The van der Waals surface area contributed by atoms with Crippen LogP contribution in [0.25, 0.3) is 11.4 Å². The fourth-order valence-corrected chi connectivity index (χ4v) is 4.02. The quantitative estimate of drug-likeness (QED) is 0.631. The van der Waals surface area contributed by atoms with E-state index >= 15 is 0 Å². The molecule has 0 amide bonds. The van der Waals surface area contributed by atoms with Crippen LogP contribution in [-0.2, 0) is 12.3 Å². The van der Waals surface area contributed by atoms with Crippen LogP contribution >= 0.6 is 23.1 Å². The zero-order chi connectivity index (χ0) is 16.2. The van der Waals surface area contributed by atoms with E-state index in [2.05, 4.69) is 32.1 Å². The molecule has 0 radical (unpaired) electrons. The van der Waals surface area contributed by atoms with Gasteiger partial charge in [-0.15, -0.1) is 21.5 Å².